The fraction of sp³-hybridized carbons (Fsp3) is 0.280. The number of carbonyl (C=O) groups excluding carboxylic acids is 1. The number of carbonyl (C=O) groups is 1. The van der Waals surface area contributed by atoms with Gasteiger partial charge >= 0.3 is 5.69 Å². The Kier molecular flexibility index (Phi) is 6.35. The van der Waals surface area contributed by atoms with Crippen LogP contribution in [0.3, 0.4) is 0 Å². The highest BCUT2D eigenvalue weighted by Gasteiger charge is 2.28. The van der Waals surface area contributed by atoms with Gasteiger partial charge in [-0.2, -0.15) is 0 Å². The summed E-state index contributed by atoms with van der Waals surface area (Å²) in [6.45, 7) is 1.22. The van der Waals surface area contributed by atoms with E-state index in [9.17, 15) is 9.59 Å². The Balaban J connectivity index is 0.00000245. The average molecular weight is 451 g/mol. The van der Waals surface area contributed by atoms with Crippen LogP contribution in [0.15, 0.2) is 71.5 Å². The van der Waals surface area contributed by atoms with Crippen molar-refractivity contribution < 1.29 is 4.79 Å². The normalized spacial score (nSPS) is 15.6. The molecule has 5 rings (SSSR count). The van der Waals surface area contributed by atoms with Crippen LogP contribution in [0.25, 0.3) is 21.8 Å². The van der Waals surface area contributed by atoms with Crippen LogP contribution in [0.4, 0.5) is 0 Å². The zero-order valence-electron chi connectivity index (χ0n) is 17.7. The molecule has 0 spiro atoms. The molecule has 1 unspecified atom stereocenters. The van der Waals surface area contributed by atoms with Crippen molar-refractivity contribution in [2.75, 3.05) is 13.1 Å². The lowest BCUT2D eigenvalue weighted by Crippen LogP contribution is -2.48. The topological polar surface area (TPSA) is 84.1 Å². The number of hydrogen-bond acceptors (Lipinski definition) is 3. The maximum Gasteiger partial charge on any atom is 0.326 e. The molecule has 0 aliphatic carbocycles. The predicted octanol–water partition coefficient (Wildman–Crippen LogP) is 3.64. The largest absolute Gasteiger partial charge is 0.341 e. The van der Waals surface area contributed by atoms with E-state index in [0.29, 0.717) is 19.5 Å². The third-order valence-corrected chi connectivity index (χ3v) is 6.35. The van der Waals surface area contributed by atoms with Gasteiger partial charge in [0.1, 0.15) is 0 Å². The molecule has 1 fully saturated rings. The lowest BCUT2D eigenvalue weighted by Gasteiger charge is -2.34. The summed E-state index contributed by atoms with van der Waals surface area (Å²) in [4.78, 5) is 30.2. The van der Waals surface area contributed by atoms with Gasteiger partial charge in [0.15, 0.2) is 0 Å². The van der Waals surface area contributed by atoms with Crippen molar-refractivity contribution in [1.29, 1.82) is 0 Å². The zero-order valence-corrected chi connectivity index (χ0v) is 18.6. The second kappa shape index (κ2) is 9.18. The highest BCUT2D eigenvalue weighted by atomic mass is 35.5. The van der Waals surface area contributed by atoms with Crippen LogP contribution in [0.1, 0.15) is 24.4 Å². The highest BCUT2D eigenvalue weighted by Crippen LogP contribution is 2.25. The molecule has 2 heterocycles. The minimum absolute atomic E-state index is 0. The number of piperidine rings is 1. The zero-order chi connectivity index (χ0) is 21.4. The van der Waals surface area contributed by atoms with Crippen LogP contribution in [0.5, 0.6) is 0 Å². The predicted molar refractivity (Wildman–Crippen MR) is 130 cm³/mol. The summed E-state index contributed by atoms with van der Waals surface area (Å²) in [6, 6.07) is 21.7. The number of aromatic amines is 1. The monoisotopic (exact) mass is 450 g/mol. The van der Waals surface area contributed by atoms with E-state index in [-0.39, 0.29) is 30.0 Å². The SMILES string of the molecule is Cl.NC(Cc1ccc2ccccc2c1)C(=O)N1CCC(n2c(=O)[nH]c3ccccc32)CC1. The van der Waals surface area contributed by atoms with E-state index >= 15 is 0 Å². The minimum atomic E-state index is -0.562. The van der Waals surface area contributed by atoms with Gasteiger partial charge in [0.05, 0.1) is 17.1 Å². The van der Waals surface area contributed by atoms with Crippen molar-refractivity contribution in [3.63, 3.8) is 0 Å². The van der Waals surface area contributed by atoms with Crippen molar-refractivity contribution in [3.05, 3.63) is 82.8 Å². The molecular formula is C25H27ClN4O2. The first kappa shape index (κ1) is 22.1. The molecule has 1 atom stereocenters. The highest BCUT2D eigenvalue weighted by molar-refractivity contribution is 5.85. The van der Waals surface area contributed by atoms with Gasteiger partial charge in [0, 0.05) is 19.1 Å². The van der Waals surface area contributed by atoms with E-state index < -0.39 is 6.04 Å². The molecule has 0 radical (unpaired) electrons. The number of nitrogens with zero attached hydrogens (tertiary/aromatic N) is 2. The van der Waals surface area contributed by atoms with Gasteiger partial charge < -0.3 is 15.6 Å². The van der Waals surface area contributed by atoms with Crippen LogP contribution >= 0.6 is 12.4 Å². The molecule has 1 aliphatic heterocycles. The van der Waals surface area contributed by atoms with Crippen molar-refractivity contribution in [3.8, 4) is 0 Å². The Morgan fingerprint density at radius 3 is 2.47 bits per heavy atom. The van der Waals surface area contributed by atoms with Crippen LogP contribution < -0.4 is 11.4 Å². The van der Waals surface area contributed by atoms with E-state index in [2.05, 4.69) is 29.2 Å². The van der Waals surface area contributed by atoms with Crippen molar-refractivity contribution in [2.45, 2.75) is 31.3 Å². The van der Waals surface area contributed by atoms with Gasteiger partial charge in [-0.1, -0.05) is 54.6 Å². The van der Waals surface area contributed by atoms with Crippen LogP contribution in [0.2, 0.25) is 0 Å². The number of rotatable bonds is 4. The second-order valence-corrected chi connectivity index (χ2v) is 8.37. The summed E-state index contributed by atoms with van der Waals surface area (Å²) in [6.07, 6.45) is 2.01. The molecule has 166 valence electrons. The third kappa shape index (κ3) is 4.16. The molecule has 1 saturated heterocycles. The summed E-state index contributed by atoms with van der Waals surface area (Å²) < 4.78 is 1.84. The summed E-state index contributed by atoms with van der Waals surface area (Å²) in [7, 11) is 0. The number of halogens is 1. The van der Waals surface area contributed by atoms with Crippen molar-refractivity contribution >= 4 is 40.1 Å². The smallest absolute Gasteiger partial charge is 0.326 e. The molecule has 1 aliphatic rings. The fourth-order valence-electron chi connectivity index (χ4n) is 4.72. The molecular weight excluding hydrogens is 424 g/mol. The van der Waals surface area contributed by atoms with Gasteiger partial charge in [-0.3, -0.25) is 9.36 Å². The summed E-state index contributed by atoms with van der Waals surface area (Å²) in [5.41, 5.74) is 9.06. The average Bonchev–Trinajstić information content (AvgIpc) is 3.14. The van der Waals surface area contributed by atoms with Crippen LogP contribution in [-0.4, -0.2) is 39.5 Å². The molecule has 6 nitrogen and oxygen atoms in total. The number of para-hydroxylation sites is 2. The van der Waals surface area contributed by atoms with Crippen LogP contribution in [-0.2, 0) is 11.2 Å². The maximum absolute atomic E-state index is 13.0. The van der Waals surface area contributed by atoms with Gasteiger partial charge in [-0.25, -0.2) is 4.79 Å². The van der Waals surface area contributed by atoms with Gasteiger partial charge in [-0.15, -0.1) is 12.4 Å². The van der Waals surface area contributed by atoms with Crippen molar-refractivity contribution in [1.82, 2.24) is 14.5 Å². The molecule has 4 aromatic rings. The van der Waals surface area contributed by atoms with Gasteiger partial charge in [0.25, 0.3) is 0 Å². The van der Waals surface area contributed by atoms with Gasteiger partial charge in [0.2, 0.25) is 5.91 Å². The quantitative estimate of drug-likeness (QED) is 0.498. The Labute approximate surface area is 192 Å². The summed E-state index contributed by atoms with van der Waals surface area (Å²) in [5, 5.41) is 2.34. The molecule has 0 saturated carbocycles. The fourth-order valence-corrected chi connectivity index (χ4v) is 4.72. The number of likely N-dealkylation sites (tertiary alicyclic amines) is 1. The number of H-pyrrole nitrogens is 1. The Bertz CT molecular complexity index is 1300. The Hall–Kier alpha value is -3.09. The second-order valence-electron chi connectivity index (χ2n) is 8.37. The first-order valence-electron chi connectivity index (χ1n) is 10.8. The number of nitrogens with one attached hydrogen (secondary N) is 1. The lowest BCUT2D eigenvalue weighted by atomic mass is 9.99. The minimum Gasteiger partial charge on any atom is -0.341 e. The molecule has 1 amide bonds. The Morgan fingerprint density at radius 2 is 1.69 bits per heavy atom. The van der Waals surface area contributed by atoms with E-state index in [1.165, 1.54) is 5.39 Å². The number of aromatic nitrogens is 2. The molecule has 3 N–H and O–H groups in total. The molecule has 32 heavy (non-hydrogen) atoms. The molecule has 7 heteroatoms. The number of hydrogen-bond donors (Lipinski definition) is 2. The number of amides is 1. The summed E-state index contributed by atoms with van der Waals surface area (Å²) in [5.74, 6) is -0.0158. The number of fused-ring (bicyclic) bond motifs is 2. The first-order chi connectivity index (χ1) is 15.1. The van der Waals surface area contributed by atoms with E-state index in [0.717, 1.165) is 34.8 Å². The lowest BCUT2D eigenvalue weighted by molar-refractivity contribution is -0.133. The standard InChI is InChI=1S/C25H26N4O2.ClH/c26-21(16-17-9-10-18-5-1-2-6-19(18)15-17)24(30)28-13-11-20(12-14-28)29-23-8-4-3-7-22(23)27-25(29)31;/h1-10,15,20-21H,11-14,16,26H2,(H,27,31);1H. The van der Waals surface area contributed by atoms with Crippen LogP contribution in [0, 0.1) is 0 Å². The van der Waals surface area contributed by atoms with E-state index in [1.807, 2.05) is 51.9 Å². The number of benzene rings is 3. The maximum atomic E-state index is 13.0. The number of nitrogens with two attached hydrogens (primary N) is 1. The molecule has 1 aromatic heterocycles. The molecule has 0 bridgehead atoms. The molecule has 3 aromatic carbocycles. The number of imidazole rings is 1. The van der Waals surface area contributed by atoms with Crippen molar-refractivity contribution in [2.24, 2.45) is 5.73 Å². The summed E-state index contributed by atoms with van der Waals surface area (Å²) >= 11 is 0. The van der Waals surface area contributed by atoms with E-state index in [4.69, 9.17) is 5.73 Å². The van der Waals surface area contributed by atoms with Gasteiger partial charge in [-0.05, 0) is 47.7 Å². The Morgan fingerprint density at radius 1 is 1.00 bits per heavy atom. The first-order valence-corrected chi connectivity index (χ1v) is 10.8. The third-order valence-electron chi connectivity index (χ3n) is 6.35. The van der Waals surface area contributed by atoms with E-state index in [1.54, 1.807) is 0 Å².